The topological polar surface area (TPSA) is 116 Å². The van der Waals surface area contributed by atoms with Crippen molar-refractivity contribution in [2.45, 2.75) is 194 Å². The monoisotopic (exact) mass is 655 g/mol. The number of aliphatic hydroxyl groups is 1. The Bertz CT molecular complexity index is 783. The Hall–Kier alpha value is -1.96. The fraction of sp³-hybridized carbons (Fsp3) is 0.895. The molecule has 0 aromatic heterocycles. The van der Waals surface area contributed by atoms with Crippen LogP contribution in [0, 0.1) is 5.92 Å². The van der Waals surface area contributed by atoms with Crippen molar-refractivity contribution in [1.29, 1.82) is 0 Å². The van der Waals surface area contributed by atoms with E-state index in [0.717, 1.165) is 64.7 Å². The van der Waals surface area contributed by atoms with E-state index < -0.39 is 41.6 Å². The summed E-state index contributed by atoms with van der Waals surface area (Å²) >= 11 is 0. The normalized spacial score (nSPS) is 13.2. The molecule has 2 atom stereocenters. The molecular formula is C38H70O8. The maximum absolute atomic E-state index is 13.3. The van der Waals surface area contributed by atoms with E-state index in [9.17, 15) is 24.3 Å². The van der Waals surface area contributed by atoms with E-state index in [1.165, 1.54) is 77.0 Å². The van der Waals surface area contributed by atoms with Gasteiger partial charge in [-0.25, -0.2) is 4.79 Å². The number of ether oxygens (including phenoxy) is 3. The number of hydrogen-bond donors (Lipinski definition) is 1. The first-order chi connectivity index (χ1) is 22.2. The van der Waals surface area contributed by atoms with Gasteiger partial charge in [-0.15, -0.1) is 0 Å². The van der Waals surface area contributed by atoms with Gasteiger partial charge in [-0.05, 0) is 26.2 Å². The largest absolute Gasteiger partial charge is 0.466 e. The minimum atomic E-state index is -2.70. The van der Waals surface area contributed by atoms with E-state index in [4.69, 9.17) is 14.2 Å². The van der Waals surface area contributed by atoms with Crippen LogP contribution >= 0.6 is 0 Å². The molecule has 0 aliphatic carbocycles. The summed E-state index contributed by atoms with van der Waals surface area (Å²) in [6, 6.07) is 0. The first kappa shape index (κ1) is 44.0. The van der Waals surface area contributed by atoms with Gasteiger partial charge >= 0.3 is 17.9 Å². The van der Waals surface area contributed by atoms with Gasteiger partial charge < -0.3 is 19.3 Å². The van der Waals surface area contributed by atoms with Gasteiger partial charge in [-0.2, -0.15) is 0 Å². The van der Waals surface area contributed by atoms with Crippen molar-refractivity contribution in [3.63, 3.8) is 0 Å². The molecule has 0 amide bonds. The van der Waals surface area contributed by atoms with Crippen molar-refractivity contribution in [3.05, 3.63) is 0 Å². The lowest BCUT2D eigenvalue weighted by molar-refractivity contribution is -0.187. The fourth-order valence-electron chi connectivity index (χ4n) is 5.70. The molecule has 8 heteroatoms. The molecule has 0 spiro atoms. The molecule has 0 saturated heterocycles. The standard InChI is InChI=1S/C38H70O8/c1-5-8-11-14-17-20-23-26-29-44-34(40)32-38(43,37(42)46-31-28-25-22-19-16-13-10-7-3)35(33(4)39)36(41)45-30-27-24-21-18-15-12-9-6-2/h35,43H,5-32H2,1-4H3. The van der Waals surface area contributed by atoms with Crippen LogP contribution in [0.2, 0.25) is 0 Å². The van der Waals surface area contributed by atoms with Gasteiger partial charge in [0, 0.05) is 0 Å². The van der Waals surface area contributed by atoms with Gasteiger partial charge in [-0.3, -0.25) is 14.4 Å². The molecular weight excluding hydrogens is 584 g/mol. The summed E-state index contributed by atoms with van der Waals surface area (Å²) in [6.07, 6.45) is 24.7. The summed E-state index contributed by atoms with van der Waals surface area (Å²) in [7, 11) is 0. The van der Waals surface area contributed by atoms with Crippen LogP contribution in [0.25, 0.3) is 0 Å². The van der Waals surface area contributed by atoms with Crippen LogP contribution in [-0.2, 0) is 33.4 Å². The van der Waals surface area contributed by atoms with Gasteiger partial charge in [0.1, 0.15) is 5.78 Å². The lowest BCUT2D eigenvalue weighted by Gasteiger charge is -2.30. The second kappa shape index (κ2) is 30.4. The number of Topliss-reactive ketones (excluding diaryl/α,β-unsaturated/α-hetero) is 1. The first-order valence-corrected chi connectivity index (χ1v) is 19.0. The molecule has 0 heterocycles. The second-order valence-corrected chi connectivity index (χ2v) is 13.1. The predicted octanol–water partition coefficient (Wildman–Crippen LogP) is 9.36. The number of carbonyl (C=O) groups excluding carboxylic acids is 4. The summed E-state index contributed by atoms with van der Waals surface area (Å²) in [5.74, 6) is -5.66. The van der Waals surface area contributed by atoms with E-state index in [0.29, 0.717) is 19.3 Å². The molecule has 270 valence electrons. The van der Waals surface area contributed by atoms with Gasteiger partial charge in [-0.1, -0.05) is 156 Å². The number of hydrogen-bond acceptors (Lipinski definition) is 8. The number of esters is 3. The lowest BCUT2D eigenvalue weighted by atomic mass is 9.81. The molecule has 0 bridgehead atoms. The highest BCUT2D eigenvalue weighted by molar-refractivity contribution is 6.05. The molecule has 0 radical (unpaired) electrons. The molecule has 0 saturated carbocycles. The summed E-state index contributed by atoms with van der Waals surface area (Å²) < 4.78 is 16.1. The van der Waals surface area contributed by atoms with Crippen molar-refractivity contribution < 1.29 is 38.5 Å². The number of carbonyl (C=O) groups is 4. The van der Waals surface area contributed by atoms with Gasteiger partial charge in [0.05, 0.1) is 26.2 Å². The fourth-order valence-corrected chi connectivity index (χ4v) is 5.70. The summed E-state index contributed by atoms with van der Waals surface area (Å²) in [6.45, 7) is 7.91. The van der Waals surface area contributed by atoms with Crippen LogP contribution < -0.4 is 0 Å². The van der Waals surface area contributed by atoms with Crippen molar-refractivity contribution in [3.8, 4) is 0 Å². The molecule has 0 aliphatic heterocycles. The average Bonchev–Trinajstić information content (AvgIpc) is 3.02. The van der Waals surface area contributed by atoms with E-state index in [1.54, 1.807) is 0 Å². The molecule has 0 rings (SSSR count). The number of unbranched alkanes of at least 4 members (excludes halogenated alkanes) is 21. The maximum atomic E-state index is 13.3. The van der Waals surface area contributed by atoms with Crippen LogP contribution in [0.15, 0.2) is 0 Å². The van der Waals surface area contributed by atoms with Crippen molar-refractivity contribution in [2.24, 2.45) is 5.92 Å². The zero-order valence-corrected chi connectivity index (χ0v) is 30.2. The molecule has 0 aromatic rings. The molecule has 8 nitrogen and oxygen atoms in total. The zero-order valence-electron chi connectivity index (χ0n) is 30.2. The summed E-state index contributed by atoms with van der Waals surface area (Å²) in [5.41, 5.74) is -2.70. The SMILES string of the molecule is CCCCCCCCCCOC(=O)CC(O)(C(=O)OCCCCCCCCCC)C(C(C)=O)C(=O)OCCCCCCCCCC. The van der Waals surface area contributed by atoms with Crippen LogP contribution in [-0.4, -0.2) is 54.2 Å². The Morgan fingerprint density at radius 2 is 0.826 bits per heavy atom. The molecule has 2 unspecified atom stereocenters. The third-order valence-electron chi connectivity index (χ3n) is 8.62. The maximum Gasteiger partial charge on any atom is 0.340 e. The quantitative estimate of drug-likeness (QED) is 0.0322. The first-order valence-electron chi connectivity index (χ1n) is 19.0. The van der Waals surface area contributed by atoms with E-state index in [-0.39, 0.29) is 19.8 Å². The Morgan fingerprint density at radius 1 is 0.500 bits per heavy atom. The molecule has 46 heavy (non-hydrogen) atoms. The van der Waals surface area contributed by atoms with Crippen LogP contribution in [0.4, 0.5) is 0 Å². The van der Waals surface area contributed by atoms with Crippen molar-refractivity contribution >= 4 is 23.7 Å². The lowest BCUT2D eigenvalue weighted by Crippen LogP contribution is -2.55. The van der Waals surface area contributed by atoms with E-state index in [1.807, 2.05) is 0 Å². The third-order valence-corrected chi connectivity index (χ3v) is 8.62. The second-order valence-electron chi connectivity index (χ2n) is 13.1. The molecule has 0 aliphatic rings. The molecule has 1 N–H and O–H groups in total. The highest BCUT2D eigenvalue weighted by atomic mass is 16.6. The van der Waals surface area contributed by atoms with Crippen LogP contribution in [0.3, 0.4) is 0 Å². The van der Waals surface area contributed by atoms with Crippen LogP contribution in [0.5, 0.6) is 0 Å². The highest BCUT2D eigenvalue weighted by Gasteiger charge is 2.54. The third kappa shape index (κ3) is 22.5. The predicted molar refractivity (Wildman–Crippen MR) is 184 cm³/mol. The minimum absolute atomic E-state index is 0.0291. The molecule has 0 aromatic carbocycles. The van der Waals surface area contributed by atoms with Crippen molar-refractivity contribution in [2.75, 3.05) is 19.8 Å². The Morgan fingerprint density at radius 3 is 1.20 bits per heavy atom. The summed E-state index contributed by atoms with van der Waals surface area (Å²) in [5, 5.41) is 11.6. The Kier molecular flexibility index (Phi) is 29.1. The average molecular weight is 655 g/mol. The smallest absolute Gasteiger partial charge is 0.340 e. The highest BCUT2D eigenvalue weighted by Crippen LogP contribution is 2.28. The van der Waals surface area contributed by atoms with Gasteiger partial charge in [0.25, 0.3) is 0 Å². The van der Waals surface area contributed by atoms with E-state index in [2.05, 4.69) is 20.8 Å². The Balaban J connectivity index is 5.09. The Labute approximate surface area is 281 Å². The number of ketones is 1. The zero-order chi connectivity index (χ0) is 34.3. The van der Waals surface area contributed by atoms with Gasteiger partial charge in [0.2, 0.25) is 0 Å². The van der Waals surface area contributed by atoms with Crippen LogP contribution in [0.1, 0.15) is 188 Å². The minimum Gasteiger partial charge on any atom is -0.466 e. The summed E-state index contributed by atoms with van der Waals surface area (Å²) in [4.78, 5) is 51.9. The van der Waals surface area contributed by atoms with Gasteiger partial charge in [0.15, 0.2) is 11.5 Å². The molecule has 0 fully saturated rings. The van der Waals surface area contributed by atoms with E-state index >= 15 is 0 Å². The number of rotatable bonds is 33. The van der Waals surface area contributed by atoms with Crippen molar-refractivity contribution in [1.82, 2.24) is 0 Å².